The van der Waals surface area contributed by atoms with E-state index in [0.717, 1.165) is 36.9 Å². The summed E-state index contributed by atoms with van der Waals surface area (Å²) in [4.78, 5) is 29.4. The van der Waals surface area contributed by atoms with Gasteiger partial charge in [0.2, 0.25) is 0 Å². The Morgan fingerprint density at radius 2 is 2.10 bits per heavy atom. The van der Waals surface area contributed by atoms with Crippen LogP contribution in [0.1, 0.15) is 0 Å². The fourth-order valence-corrected chi connectivity index (χ4v) is 2.23. The average Bonchev–Trinajstić information content (AvgIpc) is 2.47. The van der Waals surface area contributed by atoms with Gasteiger partial charge >= 0.3 is 0 Å². The number of nitrogens with zero attached hydrogens (tertiary/aromatic N) is 2. The molecule has 0 saturated carbocycles. The van der Waals surface area contributed by atoms with Gasteiger partial charge in [0.05, 0.1) is 38.7 Å². The zero-order valence-corrected chi connectivity index (χ0v) is 11.2. The lowest BCUT2D eigenvalue weighted by molar-refractivity contribution is -0.892. The molecule has 1 aromatic heterocycles. The van der Waals surface area contributed by atoms with Gasteiger partial charge in [0.15, 0.2) is 6.54 Å². The Morgan fingerprint density at radius 1 is 1.35 bits per heavy atom. The van der Waals surface area contributed by atoms with E-state index in [1.807, 2.05) is 18.2 Å². The van der Waals surface area contributed by atoms with Gasteiger partial charge in [-0.1, -0.05) is 6.07 Å². The minimum atomic E-state index is -1.27. The first-order valence-electron chi connectivity index (χ1n) is 6.61. The molecule has 2 heterocycles. The standard InChI is InChI=1S/C13H18N4O3/c18-12(15-9-13(19)20)10-16-5-7-17(8-6-16)11-3-1-2-4-14-11/h1-4H,5-10H2,(H,15,18)(H,19,20). The van der Waals surface area contributed by atoms with Crippen LogP contribution in [0.2, 0.25) is 0 Å². The number of carbonyl (C=O) groups excluding carboxylic acids is 2. The van der Waals surface area contributed by atoms with E-state index < -0.39 is 12.5 Å². The second kappa shape index (κ2) is 6.85. The number of aromatic nitrogens is 1. The van der Waals surface area contributed by atoms with Crippen LogP contribution in [0.25, 0.3) is 0 Å². The van der Waals surface area contributed by atoms with Gasteiger partial charge in [0, 0.05) is 6.20 Å². The highest BCUT2D eigenvalue weighted by Crippen LogP contribution is 2.08. The zero-order chi connectivity index (χ0) is 14.4. The van der Waals surface area contributed by atoms with Crippen molar-refractivity contribution in [2.24, 2.45) is 0 Å². The van der Waals surface area contributed by atoms with Crippen molar-refractivity contribution < 1.29 is 19.6 Å². The Morgan fingerprint density at radius 3 is 2.70 bits per heavy atom. The summed E-state index contributed by atoms with van der Waals surface area (Å²) in [6.07, 6.45) is 1.77. The lowest BCUT2D eigenvalue weighted by Crippen LogP contribution is -3.16. The van der Waals surface area contributed by atoms with Gasteiger partial charge in [0.25, 0.3) is 5.91 Å². The number of pyridine rings is 1. The summed E-state index contributed by atoms with van der Waals surface area (Å²) in [5.41, 5.74) is 0. The third kappa shape index (κ3) is 4.20. The first-order valence-corrected chi connectivity index (χ1v) is 6.61. The molecule has 2 N–H and O–H groups in total. The minimum absolute atomic E-state index is 0.254. The van der Waals surface area contributed by atoms with Crippen LogP contribution < -0.4 is 20.2 Å². The lowest BCUT2D eigenvalue weighted by atomic mass is 10.3. The molecule has 0 radical (unpaired) electrons. The fraction of sp³-hybridized carbons (Fsp3) is 0.462. The molecular weight excluding hydrogens is 260 g/mol. The predicted molar refractivity (Wildman–Crippen MR) is 70.0 cm³/mol. The smallest absolute Gasteiger partial charge is 0.275 e. The molecular formula is C13H18N4O3. The van der Waals surface area contributed by atoms with Crippen LogP contribution in [0, 0.1) is 0 Å². The van der Waals surface area contributed by atoms with Crippen LogP contribution in [-0.2, 0) is 9.59 Å². The van der Waals surface area contributed by atoms with E-state index in [1.165, 1.54) is 0 Å². The Hall–Kier alpha value is -2.15. The number of quaternary nitrogens is 1. The van der Waals surface area contributed by atoms with Crippen molar-refractivity contribution in [1.29, 1.82) is 0 Å². The molecule has 1 aliphatic heterocycles. The highest BCUT2D eigenvalue weighted by Gasteiger charge is 2.22. The molecule has 0 aromatic carbocycles. The number of rotatable bonds is 5. The zero-order valence-electron chi connectivity index (χ0n) is 11.2. The summed E-state index contributed by atoms with van der Waals surface area (Å²) in [6, 6.07) is 5.80. The van der Waals surface area contributed by atoms with Crippen LogP contribution in [0.3, 0.4) is 0 Å². The molecule has 1 amide bonds. The second-order valence-corrected chi connectivity index (χ2v) is 4.75. The maximum absolute atomic E-state index is 11.5. The van der Waals surface area contributed by atoms with Crippen molar-refractivity contribution in [3.05, 3.63) is 24.4 Å². The van der Waals surface area contributed by atoms with Gasteiger partial charge in [-0.2, -0.15) is 0 Å². The number of piperazine rings is 1. The molecule has 0 atom stereocenters. The molecule has 1 aliphatic rings. The Labute approximate surface area is 117 Å². The van der Waals surface area contributed by atoms with Crippen LogP contribution in [0.4, 0.5) is 5.82 Å². The number of carboxylic acids is 1. The number of hydrogen-bond donors (Lipinski definition) is 2. The first kappa shape index (κ1) is 14.3. The molecule has 2 rings (SSSR count). The van der Waals surface area contributed by atoms with Crippen LogP contribution in [0.5, 0.6) is 0 Å². The summed E-state index contributed by atoms with van der Waals surface area (Å²) < 4.78 is 0. The molecule has 0 spiro atoms. The maximum Gasteiger partial charge on any atom is 0.275 e. The molecule has 1 aromatic rings. The molecule has 108 valence electrons. The number of amides is 1. The fourth-order valence-electron chi connectivity index (χ4n) is 2.23. The number of anilines is 1. The van der Waals surface area contributed by atoms with E-state index in [9.17, 15) is 14.7 Å². The number of carboxylic acid groups (broad SMARTS) is 1. The summed E-state index contributed by atoms with van der Waals surface area (Å²) >= 11 is 0. The number of carbonyl (C=O) groups is 2. The quantitative estimate of drug-likeness (QED) is 0.587. The molecule has 7 heteroatoms. The van der Waals surface area contributed by atoms with Gasteiger partial charge in [-0.05, 0) is 12.1 Å². The minimum Gasteiger partial charge on any atom is -0.548 e. The van der Waals surface area contributed by atoms with E-state index >= 15 is 0 Å². The van der Waals surface area contributed by atoms with E-state index in [1.54, 1.807) is 6.20 Å². The van der Waals surface area contributed by atoms with Crippen LogP contribution in [0.15, 0.2) is 24.4 Å². The third-order valence-electron chi connectivity index (χ3n) is 3.28. The van der Waals surface area contributed by atoms with E-state index in [-0.39, 0.29) is 5.91 Å². The average molecular weight is 278 g/mol. The largest absolute Gasteiger partial charge is 0.548 e. The molecule has 7 nitrogen and oxygen atoms in total. The molecule has 0 bridgehead atoms. The highest BCUT2D eigenvalue weighted by molar-refractivity contribution is 5.81. The Bertz CT molecular complexity index is 458. The topological polar surface area (TPSA) is 89.8 Å². The molecule has 0 unspecified atom stereocenters. The lowest BCUT2D eigenvalue weighted by Gasteiger charge is -2.32. The first-order chi connectivity index (χ1) is 9.65. The van der Waals surface area contributed by atoms with Crippen molar-refractivity contribution >= 4 is 17.7 Å². The van der Waals surface area contributed by atoms with Gasteiger partial charge in [-0.3, -0.25) is 4.79 Å². The van der Waals surface area contributed by atoms with Crippen molar-refractivity contribution in [2.75, 3.05) is 44.2 Å². The van der Waals surface area contributed by atoms with Crippen molar-refractivity contribution in [2.45, 2.75) is 0 Å². The van der Waals surface area contributed by atoms with Gasteiger partial charge in [-0.15, -0.1) is 0 Å². The predicted octanol–water partition coefficient (Wildman–Crippen LogP) is -3.35. The van der Waals surface area contributed by atoms with Gasteiger partial charge in [-0.25, -0.2) is 4.98 Å². The second-order valence-electron chi connectivity index (χ2n) is 4.75. The van der Waals surface area contributed by atoms with Crippen molar-refractivity contribution in [3.8, 4) is 0 Å². The van der Waals surface area contributed by atoms with Crippen LogP contribution >= 0.6 is 0 Å². The molecule has 20 heavy (non-hydrogen) atoms. The molecule has 1 saturated heterocycles. The third-order valence-corrected chi connectivity index (χ3v) is 3.28. The van der Waals surface area contributed by atoms with Crippen LogP contribution in [-0.4, -0.2) is 56.1 Å². The summed E-state index contributed by atoms with van der Waals surface area (Å²) in [5.74, 6) is -0.572. The SMILES string of the molecule is O=C([O-])CNC(=O)C[NH+]1CCN(c2ccccn2)CC1. The Kier molecular flexibility index (Phi) is 4.89. The normalized spacial score (nSPS) is 15.9. The van der Waals surface area contributed by atoms with E-state index in [4.69, 9.17) is 0 Å². The summed E-state index contributed by atoms with van der Waals surface area (Å²) in [7, 11) is 0. The number of aliphatic carboxylic acids is 1. The molecule has 1 fully saturated rings. The van der Waals surface area contributed by atoms with Crippen molar-refractivity contribution in [3.63, 3.8) is 0 Å². The summed E-state index contributed by atoms with van der Waals surface area (Å²) in [5, 5.41) is 12.6. The van der Waals surface area contributed by atoms with E-state index in [2.05, 4.69) is 15.2 Å². The Balaban J connectivity index is 1.74. The number of hydrogen-bond acceptors (Lipinski definition) is 5. The van der Waals surface area contributed by atoms with Gasteiger partial charge < -0.3 is 25.0 Å². The molecule has 0 aliphatic carbocycles. The number of nitrogens with one attached hydrogen (secondary N) is 2. The maximum atomic E-state index is 11.5. The van der Waals surface area contributed by atoms with E-state index in [0.29, 0.717) is 6.54 Å². The highest BCUT2D eigenvalue weighted by atomic mass is 16.4. The van der Waals surface area contributed by atoms with Gasteiger partial charge in [0.1, 0.15) is 5.82 Å². The monoisotopic (exact) mass is 278 g/mol. The van der Waals surface area contributed by atoms with Crippen molar-refractivity contribution in [1.82, 2.24) is 10.3 Å². The summed E-state index contributed by atoms with van der Waals surface area (Å²) in [6.45, 7) is 3.19.